The molecule has 1 N–H and O–H groups in total. The Morgan fingerprint density at radius 1 is 0.955 bits per heavy atom. The Kier molecular flexibility index (Phi) is 3.19. The fourth-order valence-corrected chi connectivity index (χ4v) is 2.92. The number of anilines is 1. The molecule has 1 aliphatic rings. The largest absolute Gasteiger partial charge is 0.382 e. The van der Waals surface area contributed by atoms with Crippen LogP contribution < -0.4 is 5.32 Å². The van der Waals surface area contributed by atoms with Gasteiger partial charge in [-0.1, -0.05) is 48.5 Å². The van der Waals surface area contributed by atoms with Crippen molar-refractivity contribution in [2.75, 3.05) is 11.9 Å². The predicted octanol–water partition coefficient (Wildman–Crippen LogP) is 4.02. The highest BCUT2D eigenvalue weighted by molar-refractivity contribution is 5.44. The van der Waals surface area contributed by atoms with E-state index in [-0.39, 0.29) is 0 Å². The summed E-state index contributed by atoms with van der Waals surface area (Å²) in [4.78, 5) is 0. The highest BCUT2D eigenvalue weighted by Gasteiger charge is 2.43. The predicted molar refractivity (Wildman–Crippen MR) is 89.4 cm³/mol. The van der Waals surface area contributed by atoms with Crippen molar-refractivity contribution in [1.82, 2.24) is 9.78 Å². The van der Waals surface area contributed by atoms with Crippen LogP contribution in [0.3, 0.4) is 0 Å². The molecule has 0 atom stereocenters. The zero-order valence-corrected chi connectivity index (χ0v) is 12.4. The summed E-state index contributed by atoms with van der Waals surface area (Å²) in [5.41, 5.74) is 3.92. The minimum atomic E-state index is 0.316. The molecule has 0 saturated heterocycles. The van der Waals surface area contributed by atoms with Crippen molar-refractivity contribution in [2.24, 2.45) is 0 Å². The number of rotatable bonds is 5. The summed E-state index contributed by atoms with van der Waals surface area (Å²) in [6, 6.07) is 21.0. The van der Waals surface area contributed by atoms with E-state index in [2.05, 4.69) is 59.1 Å². The minimum absolute atomic E-state index is 0.316. The third-order valence-electron chi connectivity index (χ3n) is 4.47. The van der Waals surface area contributed by atoms with E-state index in [9.17, 15) is 0 Å². The maximum atomic E-state index is 4.43. The summed E-state index contributed by atoms with van der Waals surface area (Å²) in [6.45, 7) is 0.970. The highest BCUT2D eigenvalue weighted by Crippen LogP contribution is 2.48. The van der Waals surface area contributed by atoms with Crippen LogP contribution >= 0.6 is 0 Å². The Bertz CT molecular complexity index is 743. The molecule has 3 aromatic rings. The molecule has 0 aliphatic heterocycles. The van der Waals surface area contributed by atoms with Gasteiger partial charge >= 0.3 is 0 Å². The van der Waals surface area contributed by atoms with Gasteiger partial charge in [0.05, 0.1) is 23.8 Å². The molecule has 3 nitrogen and oxygen atoms in total. The Morgan fingerprint density at radius 2 is 1.64 bits per heavy atom. The molecule has 2 aromatic carbocycles. The van der Waals surface area contributed by atoms with Crippen LogP contribution in [0.5, 0.6) is 0 Å². The summed E-state index contributed by atoms with van der Waals surface area (Å²) in [6.07, 6.45) is 6.47. The van der Waals surface area contributed by atoms with E-state index in [1.165, 1.54) is 18.4 Å². The molecule has 1 aromatic heterocycles. The number of para-hydroxylation sites is 1. The van der Waals surface area contributed by atoms with Gasteiger partial charge in [-0.2, -0.15) is 5.10 Å². The molecular formula is C19H19N3. The average molecular weight is 289 g/mol. The van der Waals surface area contributed by atoms with Gasteiger partial charge in [0.2, 0.25) is 0 Å². The van der Waals surface area contributed by atoms with Gasteiger partial charge < -0.3 is 5.32 Å². The molecule has 0 amide bonds. The maximum absolute atomic E-state index is 4.43. The maximum Gasteiger partial charge on any atom is 0.0731 e. The molecule has 110 valence electrons. The summed E-state index contributed by atoms with van der Waals surface area (Å²) in [5.74, 6) is 0. The summed E-state index contributed by atoms with van der Waals surface area (Å²) in [5, 5.41) is 7.99. The first-order valence-electron chi connectivity index (χ1n) is 7.75. The van der Waals surface area contributed by atoms with E-state index in [0.717, 1.165) is 17.9 Å². The molecule has 1 heterocycles. The monoisotopic (exact) mass is 289 g/mol. The highest BCUT2D eigenvalue weighted by atomic mass is 15.3. The first-order valence-corrected chi connectivity index (χ1v) is 7.75. The van der Waals surface area contributed by atoms with Crippen molar-refractivity contribution in [2.45, 2.75) is 18.3 Å². The van der Waals surface area contributed by atoms with E-state index in [0.29, 0.717) is 5.41 Å². The van der Waals surface area contributed by atoms with Gasteiger partial charge in [0.1, 0.15) is 0 Å². The molecule has 1 aliphatic carbocycles. The standard InChI is InChI=1S/C19H19N3/c1-3-7-16(8-4-1)19(11-12-19)15-20-17-13-21-22(14-17)18-9-5-2-6-10-18/h1-10,13-14,20H,11-12,15H2. The van der Waals surface area contributed by atoms with Crippen LogP contribution in [0.15, 0.2) is 73.1 Å². The Hall–Kier alpha value is -2.55. The third kappa shape index (κ3) is 2.50. The van der Waals surface area contributed by atoms with Crippen LogP contribution in [0.4, 0.5) is 5.69 Å². The number of aromatic nitrogens is 2. The first-order chi connectivity index (χ1) is 10.9. The van der Waals surface area contributed by atoms with Crippen molar-refractivity contribution >= 4 is 5.69 Å². The quantitative estimate of drug-likeness (QED) is 0.769. The molecule has 1 fully saturated rings. The smallest absolute Gasteiger partial charge is 0.0731 e. The lowest BCUT2D eigenvalue weighted by Gasteiger charge is -2.16. The molecular weight excluding hydrogens is 270 g/mol. The molecule has 0 radical (unpaired) electrons. The van der Waals surface area contributed by atoms with E-state index in [1.807, 2.05) is 29.1 Å². The van der Waals surface area contributed by atoms with E-state index >= 15 is 0 Å². The van der Waals surface area contributed by atoms with Crippen molar-refractivity contribution < 1.29 is 0 Å². The number of benzene rings is 2. The lowest BCUT2D eigenvalue weighted by molar-refractivity contribution is 0.732. The summed E-state index contributed by atoms with van der Waals surface area (Å²) >= 11 is 0. The van der Waals surface area contributed by atoms with Crippen LogP contribution in [0.25, 0.3) is 5.69 Å². The average Bonchev–Trinajstić information content (AvgIpc) is 3.24. The number of nitrogens with one attached hydrogen (secondary N) is 1. The molecule has 0 bridgehead atoms. The van der Waals surface area contributed by atoms with Gasteiger partial charge in [0.25, 0.3) is 0 Å². The molecule has 22 heavy (non-hydrogen) atoms. The normalized spacial score (nSPS) is 15.5. The van der Waals surface area contributed by atoms with Crippen molar-refractivity contribution in [3.8, 4) is 5.69 Å². The van der Waals surface area contributed by atoms with Crippen molar-refractivity contribution in [3.05, 3.63) is 78.6 Å². The van der Waals surface area contributed by atoms with Gasteiger partial charge in [0, 0.05) is 12.0 Å². The Labute approximate surface area is 130 Å². The number of hydrogen-bond acceptors (Lipinski definition) is 2. The van der Waals surface area contributed by atoms with E-state index in [4.69, 9.17) is 0 Å². The molecule has 4 rings (SSSR count). The van der Waals surface area contributed by atoms with Crippen LogP contribution in [0.2, 0.25) is 0 Å². The van der Waals surface area contributed by atoms with Gasteiger partial charge in [-0.15, -0.1) is 0 Å². The Morgan fingerprint density at radius 3 is 2.32 bits per heavy atom. The van der Waals surface area contributed by atoms with Crippen LogP contribution in [0.1, 0.15) is 18.4 Å². The summed E-state index contributed by atoms with van der Waals surface area (Å²) in [7, 11) is 0. The minimum Gasteiger partial charge on any atom is -0.382 e. The van der Waals surface area contributed by atoms with Gasteiger partial charge in [-0.3, -0.25) is 0 Å². The van der Waals surface area contributed by atoms with Crippen LogP contribution in [0, 0.1) is 0 Å². The van der Waals surface area contributed by atoms with Gasteiger partial charge in [-0.25, -0.2) is 4.68 Å². The van der Waals surface area contributed by atoms with Gasteiger partial charge in [0.15, 0.2) is 0 Å². The lowest BCUT2D eigenvalue weighted by atomic mass is 9.96. The van der Waals surface area contributed by atoms with Crippen LogP contribution in [-0.4, -0.2) is 16.3 Å². The van der Waals surface area contributed by atoms with E-state index in [1.54, 1.807) is 0 Å². The second-order valence-corrected chi connectivity index (χ2v) is 6.01. The Balaban J connectivity index is 1.46. The first kappa shape index (κ1) is 13.1. The second kappa shape index (κ2) is 5.34. The topological polar surface area (TPSA) is 29.9 Å². The molecule has 0 unspecified atom stereocenters. The SMILES string of the molecule is c1ccc(-n2cc(NCC3(c4ccccc4)CC3)cn2)cc1. The van der Waals surface area contributed by atoms with Gasteiger partial charge in [-0.05, 0) is 30.5 Å². The third-order valence-corrected chi connectivity index (χ3v) is 4.47. The van der Waals surface area contributed by atoms with E-state index < -0.39 is 0 Å². The number of nitrogens with zero attached hydrogens (tertiary/aromatic N) is 2. The zero-order chi connectivity index (χ0) is 14.8. The second-order valence-electron chi connectivity index (χ2n) is 6.01. The van der Waals surface area contributed by atoms with Crippen LogP contribution in [-0.2, 0) is 5.41 Å². The number of hydrogen-bond donors (Lipinski definition) is 1. The molecule has 3 heteroatoms. The summed E-state index contributed by atoms with van der Waals surface area (Å²) < 4.78 is 1.91. The van der Waals surface area contributed by atoms with Crippen molar-refractivity contribution in [3.63, 3.8) is 0 Å². The zero-order valence-electron chi connectivity index (χ0n) is 12.4. The van der Waals surface area contributed by atoms with Crippen molar-refractivity contribution in [1.29, 1.82) is 0 Å². The fraction of sp³-hybridized carbons (Fsp3) is 0.211. The molecule has 0 spiro atoms. The molecule has 1 saturated carbocycles. The fourth-order valence-electron chi connectivity index (χ4n) is 2.92. The lowest BCUT2D eigenvalue weighted by Crippen LogP contribution is -2.19.